The molecule has 0 spiro atoms. The number of fused-ring (bicyclic) bond motifs is 1. The van der Waals surface area contributed by atoms with Crippen molar-refractivity contribution in [2.45, 2.75) is 0 Å². The lowest BCUT2D eigenvalue weighted by Crippen LogP contribution is -1.92. The molecule has 0 aliphatic rings. The van der Waals surface area contributed by atoms with Crippen LogP contribution in [0.3, 0.4) is 0 Å². The van der Waals surface area contributed by atoms with Crippen LogP contribution in [0.1, 0.15) is 0 Å². The molecule has 0 aliphatic carbocycles. The fourth-order valence-electron chi connectivity index (χ4n) is 3.12. The smallest absolute Gasteiger partial charge is 0.127 e. The molecular formula is C23H16N4O. The van der Waals surface area contributed by atoms with Gasteiger partial charge < -0.3 is 4.74 Å². The van der Waals surface area contributed by atoms with E-state index in [2.05, 4.69) is 15.2 Å². The Bertz CT molecular complexity index is 1220. The van der Waals surface area contributed by atoms with Crippen LogP contribution in [-0.4, -0.2) is 20.2 Å². The van der Waals surface area contributed by atoms with E-state index in [1.54, 1.807) is 12.4 Å². The van der Waals surface area contributed by atoms with Gasteiger partial charge in [-0.25, -0.2) is 4.98 Å². The number of hydrogen-bond acceptors (Lipinski definition) is 4. The van der Waals surface area contributed by atoms with E-state index in [1.165, 1.54) is 0 Å². The van der Waals surface area contributed by atoms with Crippen LogP contribution in [0, 0.1) is 0 Å². The van der Waals surface area contributed by atoms with Gasteiger partial charge in [-0.05, 0) is 54.6 Å². The molecule has 0 saturated carbocycles. The van der Waals surface area contributed by atoms with Crippen LogP contribution in [0.2, 0.25) is 0 Å². The van der Waals surface area contributed by atoms with Crippen molar-refractivity contribution in [2.24, 2.45) is 0 Å². The predicted molar refractivity (Wildman–Crippen MR) is 109 cm³/mol. The van der Waals surface area contributed by atoms with Crippen molar-refractivity contribution < 1.29 is 4.74 Å². The molecule has 0 fully saturated rings. The minimum atomic E-state index is 0.777. The zero-order chi connectivity index (χ0) is 18.8. The largest absolute Gasteiger partial charge is 0.457 e. The summed E-state index contributed by atoms with van der Waals surface area (Å²) in [5.74, 6) is 1.59. The zero-order valence-electron chi connectivity index (χ0n) is 14.9. The van der Waals surface area contributed by atoms with Crippen molar-refractivity contribution >= 4 is 10.9 Å². The minimum Gasteiger partial charge on any atom is -0.457 e. The van der Waals surface area contributed by atoms with E-state index in [1.807, 2.05) is 78.9 Å². The van der Waals surface area contributed by atoms with Crippen LogP contribution in [0.25, 0.3) is 33.5 Å². The summed E-state index contributed by atoms with van der Waals surface area (Å²) in [4.78, 5) is 9.28. The molecule has 134 valence electrons. The number of nitrogens with one attached hydrogen (secondary N) is 1. The standard InChI is InChI=1S/C23H16N4O/c1-2-6-17(7-3-1)28-18-11-9-16(10-12-18)23-19-15-25-27-21(19)14-22(26-23)20-8-4-5-13-24-20/h1-15H,(H,25,27). The second-order valence-electron chi connectivity index (χ2n) is 6.34. The summed E-state index contributed by atoms with van der Waals surface area (Å²) < 4.78 is 5.89. The molecule has 5 nitrogen and oxygen atoms in total. The maximum atomic E-state index is 5.89. The van der Waals surface area contributed by atoms with Gasteiger partial charge >= 0.3 is 0 Å². The molecule has 28 heavy (non-hydrogen) atoms. The number of aromatic nitrogens is 4. The number of hydrogen-bond donors (Lipinski definition) is 1. The van der Waals surface area contributed by atoms with Crippen LogP contribution in [0.15, 0.2) is 91.3 Å². The van der Waals surface area contributed by atoms with Gasteiger partial charge in [0.2, 0.25) is 0 Å². The van der Waals surface area contributed by atoms with Gasteiger partial charge in [0.25, 0.3) is 0 Å². The monoisotopic (exact) mass is 364 g/mol. The van der Waals surface area contributed by atoms with Crippen LogP contribution < -0.4 is 4.74 Å². The highest BCUT2D eigenvalue weighted by molar-refractivity contribution is 5.94. The molecule has 0 aliphatic heterocycles. The summed E-state index contributed by atoms with van der Waals surface area (Å²) in [5.41, 5.74) is 4.40. The van der Waals surface area contributed by atoms with E-state index >= 15 is 0 Å². The first-order valence-electron chi connectivity index (χ1n) is 8.96. The topological polar surface area (TPSA) is 63.7 Å². The lowest BCUT2D eigenvalue weighted by atomic mass is 10.1. The van der Waals surface area contributed by atoms with Crippen molar-refractivity contribution in [3.05, 3.63) is 91.3 Å². The highest BCUT2D eigenvalue weighted by atomic mass is 16.5. The third-order valence-electron chi connectivity index (χ3n) is 4.47. The van der Waals surface area contributed by atoms with Gasteiger partial charge in [0.1, 0.15) is 11.5 Å². The molecule has 2 aromatic carbocycles. The second kappa shape index (κ2) is 6.96. The van der Waals surface area contributed by atoms with E-state index in [9.17, 15) is 0 Å². The summed E-state index contributed by atoms with van der Waals surface area (Å²) in [7, 11) is 0. The number of nitrogens with zero attached hydrogens (tertiary/aromatic N) is 3. The number of rotatable bonds is 4. The Morgan fingerprint density at radius 2 is 1.54 bits per heavy atom. The molecule has 0 atom stereocenters. The lowest BCUT2D eigenvalue weighted by molar-refractivity contribution is 0.483. The second-order valence-corrected chi connectivity index (χ2v) is 6.34. The van der Waals surface area contributed by atoms with Crippen LogP contribution in [-0.2, 0) is 0 Å². The number of pyridine rings is 2. The maximum absolute atomic E-state index is 5.89. The molecule has 5 rings (SSSR count). The first-order valence-corrected chi connectivity index (χ1v) is 8.96. The van der Waals surface area contributed by atoms with Crippen LogP contribution >= 0.6 is 0 Å². The molecular weight excluding hydrogens is 348 g/mol. The van der Waals surface area contributed by atoms with Crippen molar-refractivity contribution in [3.8, 4) is 34.1 Å². The number of aromatic amines is 1. The highest BCUT2D eigenvalue weighted by Crippen LogP contribution is 2.31. The zero-order valence-corrected chi connectivity index (χ0v) is 14.9. The molecule has 0 saturated heterocycles. The Balaban J connectivity index is 1.54. The first kappa shape index (κ1) is 16.2. The summed E-state index contributed by atoms with van der Waals surface area (Å²) >= 11 is 0. The predicted octanol–water partition coefficient (Wildman–Crippen LogP) is 5.48. The summed E-state index contributed by atoms with van der Waals surface area (Å²) in [6, 6.07) is 25.4. The van der Waals surface area contributed by atoms with E-state index in [0.29, 0.717) is 0 Å². The Kier molecular flexibility index (Phi) is 4.03. The molecule has 5 heteroatoms. The Hall–Kier alpha value is -3.99. The van der Waals surface area contributed by atoms with Gasteiger partial charge in [-0.3, -0.25) is 10.1 Å². The minimum absolute atomic E-state index is 0.777. The number of H-pyrrole nitrogens is 1. The van der Waals surface area contributed by atoms with Gasteiger partial charge in [-0.15, -0.1) is 0 Å². The van der Waals surface area contributed by atoms with E-state index in [-0.39, 0.29) is 0 Å². The SMILES string of the molecule is c1ccc(Oc2ccc(-c3nc(-c4ccccn4)cc4[nH]ncc34)cc2)cc1. The van der Waals surface area contributed by atoms with Gasteiger partial charge in [0.15, 0.2) is 0 Å². The lowest BCUT2D eigenvalue weighted by Gasteiger charge is -2.09. The Morgan fingerprint density at radius 3 is 2.32 bits per heavy atom. The molecule has 3 aromatic heterocycles. The Morgan fingerprint density at radius 1 is 0.750 bits per heavy atom. The number of para-hydroxylation sites is 1. The Labute approximate surface area is 161 Å². The molecule has 0 amide bonds. The van der Waals surface area contributed by atoms with Crippen LogP contribution in [0.5, 0.6) is 11.5 Å². The number of benzene rings is 2. The van der Waals surface area contributed by atoms with Crippen LogP contribution in [0.4, 0.5) is 0 Å². The number of ether oxygens (including phenoxy) is 1. The van der Waals surface area contributed by atoms with Gasteiger partial charge in [-0.2, -0.15) is 5.10 Å². The van der Waals surface area contributed by atoms with Crippen molar-refractivity contribution in [1.82, 2.24) is 20.2 Å². The normalized spacial score (nSPS) is 10.9. The first-order chi connectivity index (χ1) is 13.9. The van der Waals surface area contributed by atoms with Gasteiger partial charge in [0, 0.05) is 17.1 Å². The molecule has 0 radical (unpaired) electrons. The average Bonchev–Trinajstić information content (AvgIpc) is 3.24. The van der Waals surface area contributed by atoms with Crippen molar-refractivity contribution in [2.75, 3.05) is 0 Å². The van der Waals surface area contributed by atoms with E-state index < -0.39 is 0 Å². The fraction of sp³-hybridized carbons (Fsp3) is 0. The highest BCUT2D eigenvalue weighted by Gasteiger charge is 2.12. The molecule has 1 N–H and O–H groups in total. The average molecular weight is 364 g/mol. The summed E-state index contributed by atoms with van der Waals surface area (Å²) in [5, 5.41) is 8.20. The van der Waals surface area contributed by atoms with Crippen molar-refractivity contribution in [1.29, 1.82) is 0 Å². The molecule has 0 bridgehead atoms. The maximum Gasteiger partial charge on any atom is 0.127 e. The summed E-state index contributed by atoms with van der Waals surface area (Å²) in [6.45, 7) is 0. The van der Waals surface area contributed by atoms with E-state index in [0.717, 1.165) is 45.0 Å². The molecule has 3 heterocycles. The summed E-state index contributed by atoms with van der Waals surface area (Å²) in [6.07, 6.45) is 3.57. The molecule has 5 aromatic rings. The third-order valence-corrected chi connectivity index (χ3v) is 4.47. The third kappa shape index (κ3) is 3.10. The fourth-order valence-corrected chi connectivity index (χ4v) is 3.12. The molecule has 0 unspecified atom stereocenters. The van der Waals surface area contributed by atoms with Gasteiger partial charge in [-0.1, -0.05) is 24.3 Å². The van der Waals surface area contributed by atoms with E-state index in [4.69, 9.17) is 9.72 Å². The quantitative estimate of drug-likeness (QED) is 0.459. The van der Waals surface area contributed by atoms with Crippen molar-refractivity contribution in [3.63, 3.8) is 0 Å². The van der Waals surface area contributed by atoms with Gasteiger partial charge in [0.05, 0.1) is 28.8 Å².